The third-order valence-corrected chi connectivity index (χ3v) is 1.63. The Balaban J connectivity index is 3.72. The Kier molecular flexibility index (Phi) is 4.55. The molecule has 0 fully saturated rings. The molecular weight excluding hydrogens is 147 g/mol. The molecule has 0 bridgehead atoms. The number of rotatable bonds is 4. The third kappa shape index (κ3) is 3.12. The van der Waals surface area contributed by atoms with E-state index in [9.17, 15) is 0 Å². The summed E-state index contributed by atoms with van der Waals surface area (Å²) >= 11 is 0. The molecule has 2 atom stereocenters. The molecule has 0 heterocycles. The molecule has 0 aromatic heterocycles. The molecule has 4 heteroatoms. The van der Waals surface area contributed by atoms with E-state index < -0.39 is 5.72 Å². The molecule has 0 amide bonds. The fourth-order valence-corrected chi connectivity index (χ4v) is 0.607. The number of nitriles is 1. The van der Waals surface area contributed by atoms with E-state index in [4.69, 9.17) is 9.79 Å². The molecule has 2 unspecified atom stereocenters. The van der Waals surface area contributed by atoms with E-state index in [1.54, 1.807) is 6.92 Å². The van der Waals surface area contributed by atoms with Gasteiger partial charge < -0.3 is 4.52 Å². The topological polar surface area (TPSA) is 45.0 Å². The van der Waals surface area contributed by atoms with E-state index in [2.05, 4.69) is 14.8 Å². The molecule has 58 valence electrons. The highest BCUT2D eigenvalue weighted by Crippen LogP contribution is 2.07. The number of nitrogens with zero attached hydrogens (tertiary/aromatic N) is 1. The van der Waals surface area contributed by atoms with Crippen molar-refractivity contribution in [2.75, 3.05) is 6.54 Å². The first-order valence-electron chi connectivity index (χ1n) is 3.22. The van der Waals surface area contributed by atoms with Crippen molar-refractivity contribution >= 4 is 9.47 Å². The van der Waals surface area contributed by atoms with Crippen LogP contribution < -0.4 is 5.32 Å². The predicted molar refractivity (Wildman–Crippen MR) is 43.1 cm³/mol. The second kappa shape index (κ2) is 4.62. The van der Waals surface area contributed by atoms with Gasteiger partial charge in [0.2, 0.25) is 5.72 Å². The monoisotopic (exact) mass is 160 g/mol. The summed E-state index contributed by atoms with van der Waals surface area (Å²) in [5.41, 5.74) is -0.847. The van der Waals surface area contributed by atoms with E-state index in [0.29, 0.717) is 0 Å². The Hall–Kier alpha value is -0.160. The second-order valence-electron chi connectivity index (χ2n) is 2.19. The Morgan fingerprint density at radius 1 is 1.80 bits per heavy atom. The second-order valence-corrected chi connectivity index (χ2v) is 2.43. The fraction of sp³-hybridized carbons (Fsp3) is 0.833. The zero-order valence-electron chi connectivity index (χ0n) is 6.35. The van der Waals surface area contributed by atoms with Crippen molar-refractivity contribution in [2.24, 2.45) is 0 Å². The van der Waals surface area contributed by atoms with Crippen LogP contribution in [0.4, 0.5) is 0 Å². The van der Waals surface area contributed by atoms with Gasteiger partial charge in [-0.2, -0.15) is 5.26 Å². The van der Waals surface area contributed by atoms with Crippen molar-refractivity contribution < 1.29 is 4.52 Å². The summed E-state index contributed by atoms with van der Waals surface area (Å²) in [5.74, 6) is 0. The zero-order chi connectivity index (χ0) is 8.04. The standard InChI is InChI=1S/C6H13N2OP/c1-3-4-8-6(2,5-7)9-10/h8H,3-4,10H2,1-2H3. The first kappa shape index (κ1) is 9.84. The zero-order valence-corrected chi connectivity index (χ0v) is 7.50. The van der Waals surface area contributed by atoms with Crippen LogP contribution in [0.2, 0.25) is 0 Å². The van der Waals surface area contributed by atoms with Crippen molar-refractivity contribution in [3.63, 3.8) is 0 Å². The summed E-state index contributed by atoms with van der Waals surface area (Å²) in [7, 11) is 2.08. The molecule has 0 aromatic carbocycles. The SMILES string of the molecule is CCCNC(C)(C#N)OP. The molecule has 1 N–H and O–H groups in total. The molecule has 0 rings (SSSR count). The Labute approximate surface area is 64.0 Å². The van der Waals surface area contributed by atoms with E-state index in [1.165, 1.54) is 0 Å². The molecule has 0 spiro atoms. The van der Waals surface area contributed by atoms with Gasteiger partial charge in [0.25, 0.3) is 0 Å². The predicted octanol–water partition coefficient (Wildman–Crippen LogP) is 1.03. The minimum Gasteiger partial charge on any atom is -0.331 e. The lowest BCUT2D eigenvalue weighted by atomic mass is 10.3. The molecular formula is C6H13N2OP. The smallest absolute Gasteiger partial charge is 0.207 e. The Morgan fingerprint density at radius 2 is 2.40 bits per heavy atom. The van der Waals surface area contributed by atoms with Gasteiger partial charge in [-0.1, -0.05) is 6.92 Å². The summed E-state index contributed by atoms with van der Waals surface area (Å²) in [6, 6.07) is 2.01. The summed E-state index contributed by atoms with van der Waals surface area (Å²) in [6.07, 6.45) is 0.991. The van der Waals surface area contributed by atoms with Gasteiger partial charge in [-0.15, -0.1) is 0 Å². The van der Waals surface area contributed by atoms with Crippen LogP contribution in [0, 0.1) is 11.3 Å². The lowest BCUT2D eigenvalue weighted by Crippen LogP contribution is -2.41. The van der Waals surface area contributed by atoms with Crippen molar-refractivity contribution in [3.05, 3.63) is 0 Å². The summed E-state index contributed by atoms with van der Waals surface area (Å²) < 4.78 is 4.83. The van der Waals surface area contributed by atoms with Gasteiger partial charge in [-0.3, -0.25) is 5.32 Å². The minimum atomic E-state index is -0.847. The average Bonchev–Trinajstić information content (AvgIpc) is 2.00. The van der Waals surface area contributed by atoms with Gasteiger partial charge in [0.15, 0.2) is 0 Å². The van der Waals surface area contributed by atoms with Crippen LogP contribution in [0.3, 0.4) is 0 Å². The summed E-state index contributed by atoms with van der Waals surface area (Å²) in [4.78, 5) is 0. The fourth-order valence-electron chi connectivity index (χ4n) is 0.471. The highest BCUT2D eigenvalue weighted by molar-refractivity contribution is 7.09. The number of hydrogen-bond acceptors (Lipinski definition) is 3. The van der Waals surface area contributed by atoms with Gasteiger partial charge in [-0.25, -0.2) is 0 Å². The largest absolute Gasteiger partial charge is 0.331 e. The molecule has 0 aromatic rings. The van der Waals surface area contributed by atoms with Crippen LogP contribution in [0.15, 0.2) is 0 Å². The maximum Gasteiger partial charge on any atom is 0.207 e. The van der Waals surface area contributed by atoms with Gasteiger partial charge in [0.05, 0.1) is 0 Å². The van der Waals surface area contributed by atoms with Crippen LogP contribution in [0.5, 0.6) is 0 Å². The highest BCUT2D eigenvalue weighted by Gasteiger charge is 2.20. The van der Waals surface area contributed by atoms with Crippen molar-refractivity contribution in [1.82, 2.24) is 5.32 Å². The molecule has 0 aliphatic rings. The first-order chi connectivity index (χ1) is 4.68. The van der Waals surface area contributed by atoms with Crippen LogP contribution >= 0.6 is 9.47 Å². The molecule has 3 nitrogen and oxygen atoms in total. The van der Waals surface area contributed by atoms with E-state index >= 15 is 0 Å². The molecule has 0 aliphatic heterocycles. The highest BCUT2D eigenvalue weighted by atomic mass is 31.0. The lowest BCUT2D eigenvalue weighted by molar-refractivity contribution is 0.138. The van der Waals surface area contributed by atoms with Crippen molar-refractivity contribution in [1.29, 1.82) is 5.26 Å². The molecule has 10 heavy (non-hydrogen) atoms. The normalized spacial score (nSPS) is 15.8. The number of nitrogens with one attached hydrogen (secondary N) is 1. The molecule has 0 saturated carbocycles. The Bertz CT molecular complexity index is 134. The van der Waals surface area contributed by atoms with Gasteiger partial charge in [0, 0.05) is 9.47 Å². The summed E-state index contributed by atoms with van der Waals surface area (Å²) in [5, 5.41) is 11.5. The van der Waals surface area contributed by atoms with Gasteiger partial charge in [0.1, 0.15) is 6.07 Å². The number of hydrogen-bond donors (Lipinski definition) is 1. The molecule has 0 radical (unpaired) electrons. The molecule has 0 saturated heterocycles. The average molecular weight is 160 g/mol. The van der Waals surface area contributed by atoms with E-state index in [0.717, 1.165) is 13.0 Å². The van der Waals surface area contributed by atoms with Crippen molar-refractivity contribution in [2.45, 2.75) is 26.0 Å². The quantitative estimate of drug-likeness (QED) is 0.493. The van der Waals surface area contributed by atoms with E-state index in [1.807, 2.05) is 13.0 Å². The summed E-state index contributed by atoms with van der Waals surface area (Å²) in [6.45, 7) is 4.52. The Morgan fingerprint density at radius 3 is 2.70 bits per heavy atom. The van der Waals surface area contributed by atoms with Crippen molar-refractivity contribution in [3.8, 4) is 6.07 Å². The third-order valence-electron chi connectivity index (χ3n) is 1.16. The van der Waals surface area contributed by atoms with Crippen LogP contribution in [0.25, 0.3) is 0 Å². The van der Waals surface area contributed by atoms with Gasteiger partial charge in [-0.05, 0) is 19.9 Å². The maximum atomic E-state index is 8.56. The maximum absolute atomic E-state index is 8.56. The van der Waals surface area contributed by atoms with Crippen LogP contribution in [0.1, 0.15) is 20.3 Å². The van der Waals surface area contributed by atoms with Crippen LogP contribution in [-0.2, 0) is 4.52 Å². The van der Waals surface area contributed by atoms with E-state index in [-0.39, 0.29) is 0 Å². The molecule has 0 aliphatic carbocycles. The van der Waals surface area contributed by atoms with Gasteiger partial charge >= 0.3 is 0 Å². The minimum absolute atomic E-state index is 0.790. The lowest BCUT2D eigenvalue weighted by Gasteiger charge is -2.20. The first-order valence-corrected chi connectivity index (χ1v) is 3.70. The van der Waals surface area contributed by atoms with Crippen LogP contribution in [-0.4, -0.2) is 12.3 Å².